The molecule has 3 aliphatic rings. The molecular weight excluding hydrogens is 302 g/mol. The summed E-state index contributed by atoms with van der Waals surface area (Å²) in [6.07, 6.45) is 12.6. The van der Waals surface area contributed by atoms with Crippen LogP contribution >= 0.6 is 0 Å². The second kappa shape index (κ2) is 7.11. The molecule has 0 radical (unpaired) electrons. The summed E-state index contributed by atoms with van der Waals surface area (Å²) < 4.78 is 2.19. The number of carbonyl (C=O) groups is 1. The van der Waals surface area contributed by atoms with Gasteiger partial charge in [0.25, 0.3) is 0 Å². The first-order valence-corrected chi connectivity index (χ1v) is 9.76. The van der Waals surface area contributed by atoms with Crippen LogP contribution in [0.1, 0.15) is 69.4 Å². The van der Waals surface area contributed by atoms with Gasteiger partial charge < -0.3 is 15.2 Å². The minimum absolute atomic E-state index is 0.0516. The Hall–Kier alpha value is -1.59. The monoisotopic (exact) mass is 331 g/mol. The molecule has 1 aromatic heterocycles. The fourth-order valence-electron chi connectivity index (χ4n) is 4.52. The molecule has 0 spiro atoms. The van der Waals surface area contributed by atoms with Crippen LogP contribution in [0.15, 0.2) is 0 Å². The molecule has 24 heavy (non-hydrogen) atoms. The lowest BCUT2D eigenvalue weighted by atomic mass is 9.85. The average molecular weight is 331 g/mol. The highest BCUT2D eigenvalue weighted by Crippen LogP contribution is 2.44. The average Bonchev–Trinajstić information content (AvgIpc) is 3.32. The second-order valence-corrected chi connectivity index (χ2v) is 7.73. The van der Waals surface area contributed by atoms with Crippen molar-refractivity contribution in [1.82, 2.24) is 25.4 Å². The predicted octanol–water partition coefficient (Wildman–Crippen LogP) is 2.77. The molecule has 0 saturated heterocycles. The van der Waals surface area contributed by atoms with Crippen molar-refractivity contribution in [3.8, 4) is 0 Å². The third kappa shape index (κ3) is 3.57. The molecule has 2 saturated carbocycles. The molecule has 1 aliphatic heterocycles. The first kappa shape index (κ1) is 15.9. The van der Waals surface area contributed by atoms with Gasteiger partial charge in [-0.3, -0.25) is 0 Å². The quantitative estimate of drug-likeness (QED) is 0.891. The molecule has 0 unspecified atom stereocenters. The van der Waals surface area contributed by atoms with Gasteiger partial charge in [-0.25, -0.2) is 4.79 Å². The van der Waals surface area contributed by atoms with Gasteiger partial charge in [0.2, 0.25) is 0 Å². The Morgan fingerprint density at radius 2 is 1.92 bits per heavy atom. The number of carbonyl (C=O) groups excluding carboxylic acids is 1. The first-order valence-electron chi connectivity index (χ1n) is 9.76. The van der Waals surface area contributed by atoms with Gasteiger partial charge in [-0.2, -0.15) is 0 Å². The SMILES string of the molecule is O=C(NCc1nnc2n1CCCCC2)N[C@H]1C[C@@H]1C1CCCCC1. The first-order chi connectivity index (χ1) is 11.8. The molecule has 2 aliphatic carbocycles. The van der Waals surface area contributed by atoms with Crippen molar-refractivity contribution in [2.75, 3.05) is 0 Å². The van der Waals surface area contributed by atoms with Crippen LogP contribution in [0.2, 0.25) is 0 Å². The normalized spacial score (nSPS) is 27.2. The minimum Gasteiger partial charge on any atom is -0.335 e. The molecule has 4 rings (SSSR count). The Morgan fingerprint density at radius 1 is 1.08 bits per heavy atom. The second-order valence-electron chi connectivity index (χ2n) is 7.73. The van der Waals surface area contributed by atoms with Crippen molar-refractivity contribution >= 4 is 6.03 Å². The standard InChI is InChI=1S/C18H29N5O/c24-18(20-15-11-14(15)13-7-3-1-4-8-13)19-12-17-22-21-16-9-5-2-6-10-23(16)17/h13-15H,1-12H2,(H2,19,20,24)/t14-,15+/m1/s1. The summed E-state index contributed by atoms with van der Waals surface area (Å²) >= 11 is 0. The highest BCUT2D eigenvalue weighted by Gasteiger charge is 2.43. The summed E-state index contributed by atoms with van der Waals surface area (Å²) in [5.41, 5.74) is 0. The largest absolute Gasteiger partial charge is 0.335 e. The Balaban J connectivity index is 1.24. The Morgan fingerprint density at radius 3 is 2.79 bits per heavy atom. The van der Waals surface area contributed by atoms with Crippen molar-refractivity contribution in [1.29, 1.82) is 0 Å². The van der Waals surface area contributed by atoms with Crippen LogP contribution in [0, 0.1) is 11.8 Å². The van der Waals surface area contributed by atoms with Crippen LogP contribution < -0.4 is 10.6 Å². The number of amides is 2. The van der Waals surface area contributed by atoms with Gasteiger partial charge in [-0.15, -0.1) is 10.2 Å². The van der Waals surface area contributed by atoms with E-state index in [0.29, 0.717) is 12.6 Å². The maximum atomic E-state index is 12.2. The Bertz CT molecular complexity index is 578. The molecule has 2 N–H and O–H groups in total. The zero-order valence-electron chi connectivity index (χ0n) is 14.5. The van der Waals surface area contributed by atoms with E-state index in [1.54, 1.807) is 0 Å². The molecule has 2 heterocycles. The lowest BCUT2D eigenvalue weighted by Crippen LogP contribution is -2.38. The van der Waals surface area contributed by atoms with Gasteiger partial charge in [0.05, 0.1) is 6.54 Å². The van der Waals surface area contributed by atoms with Crippen molar-refractivity contribution < 1.29 is 4.79 Å². The Labute approximate surface area is 143 Å². The van der Waals surface area contributed by atoms with Crippen LogP contribution in [0.25, 0.3) is 0 Å². The number of hydrogen-bond acceptors (Lipinski definition) is 3. The third-order valence-electron chi connectivity index (χ3n) is 6.00. The summed E-state index contributed by atoms with van der Waals surface area (Å²) in [5, 5.41) is 14.7. The smallest absolute Gasteiger partial charge is 0.315 e. The number of nitrogens with zero attached hydrogens (tertiary/aromatic N) is 3. The molecule has 2 fully saturated rings. The van der Waals surface area contributed by atoms with E-state index in [9.17, 15) is 4.79 Å². The summed E-state index contributed by atoms with van der Waals surface area (Å²) in [5.74, 6) is 3.53. The van der Waals surface area contributed by atoms with Gasteiger partial charge in [0.1, 0.15) is 5.82 Å². The van der Waals surface area contributed by atoms with Crippen molar-refractivity contribution in [2.45, 2.75) is 83.3 Å². The number of fused-ring (bicyclic) bond motifs is 1. The Kier molecular flexibility index (Phi) is 4.72. The van der Waals surface area contributed by atoms with Crippen LogP contribution in [0.5, 0.6) is 0 Å². The van der Waals surface area contributed by atoms with Crippen molar-refractivity contribution in [2.24, 2.45) is 11.8 Å². The van der Waals surface area contributed by atoms with E-state index >= 15 is 0 Å². The molecular formula is C18H29N5O. The molecule has 0 aromatic carbocycles. The summed E-state index contributed by atoms with van der Waals surface area (Å²) in [4.78, 5) is 12.2. The van der Waals surface area contributed by atoms with E-state index < -0.39 is 0 Å². The maximum absolute atomic E-state index is 12.2. The fourth-order valence-corrected chi connectivity index (χ4v) is 4.52. The zero-order chi connectivity index (χ0) is 16.4. The van der Waals surface area contributed by atoms with Gasteiger partial charge in [-0.1, -0.05) is 38.5 Å². The van der Waals surface area contributed by atoms with E-state index in [1.807, 2.05) is 0 Å². The van der Waals surface area contributed by atoms with Crippen LogP contribution in [0.3, 0.4) is 0 Å². The van der Waals surface area contributed by atoms with Crippen molar-refractivity contribution in [3.05, 3.63) is 11.6 Å². The van der Waals surface area contributed by atoms with E-state index in [2.05, 4.69) is 25.4 Å². The number of nitrogens with one attached hydrogen (secondary N) is 2. The summed E-state index contributed by atoms with van der Waals surface area (Å²) in [6, 6.07) is 0.341. The molecule has 1 aromatic rings. The molecule has 2 amide bonds. The van der Waals surface area contributed by atoms with Gasteiger partial charge in [0, 0.05) is 19.0 Å². The van der Waals surface area contributed by atoms with Gasteiger partial charge >= 0.3 is 6.03 Å². The number of aryl methyl sites for hydroxylation is 1. The van der Waals surface area contributed by atoms with E-state index in [1.165, 1.54) is 57.8 Å². The number of urea groups is 1. The molecule has 132 valence electrons. The van der Waals surface area contributed by atoms with Gasteiger partial charge in [0.15, 0.2) is 5.82 Å². The van der Waals surface area contributed by atoms with Crippen LogP contribution in [-0.2, 0) is 19.5 Å². The van der Waals surface area contributed by atoms with Crippen LogP contribution in [-0.4, -0.2) is 26.8 Å². The maximum Gasteiger partial charge on any atom is 0.315 e. The highest BCUT2D eigenvalue weighted by atomic mass is 16.2. The minimum atomic E-state index is -0.0516. The number of rotatable bonds is 4. The number of aromatic nitrogens is 3. The zero-order valence-corrected chi connectivity index (χ0v) is 14.5. The highest BCUT2D eigenvalue weighted by molar-refractivity contribution is 5.74. The number of hydrogen-bond donors (Lipinski definition) is 2. The molecule has 6 heteroatoms. The molecule has 0 bridgehead atoms. The topological polar surface area (TPSA) is 71.8 Å². The van der Waals surface area contributed by atoms with E-state index in [0.717, 1.165) is 36.5 Å². The fraction of sp³-hybridized carbons (Fsp3) is 0.833. The van der Waals surface area contributed by atoms with E-state index in [-0.39, 0.29) is 6.03 Å². The van der Waals surface area contributed by atoms with Gasteiger partial charge in [-0.05, 0) is 31.1 Å². The lowest BCUT2D eigenvalue weighted by molar-refractivity contribution is 0.237. The molecule has 2 atom stereocenters. The lowest BCUT2D eigenvalue weighted by Gasteiger charge is -2.21. The van der Waals surface area contributed by atoms with Crippen LogP contribution in [0.4, 0.5) is 4.79 Å². The summed E-state index contributed by atoms with van der Waals surface area (Å²) in [6.45, 7) is 1.45. The van der Waals surface area contributed by atoms with E-state index in [4.69, 9.17) is 0 Å². The van der Waals surface area contributed by atoms with Crippen molar-refractivity contribution in [3.63, 3.8) is 0 Å². The summed E-state index contributed by atoms with van der Waals surface area (Å²) in [7, 11) is 0. The third-order valence-corrected chi connectivity index (χ3v) is 6.00. The predicted molar refractivity (Wildman–Crippen MR) is 91.4 cm³/mol. The molecule has 6 nitrogen and oxygen atoms in total.